The molecule has 3 aliphatic heterocycles. The molecule has 3 fully saturated rings. The third-order valence-electron chi connectivity index (χ3n) is 6.96. The topological polar surface area (TPSA) is 79.4 Å². The average molecular weight is 387 g/mol. The lowest BCUT2D eigenvalue weighted by Crippen LogP contribution is -2.66. The van der Waals surface area contributed by atoms with E-state index in [1.165, 1.54) is 0 Å². The highest BCUT2D eigenvalue weighted by molar-refractivity contribution is 5.85. The Morgan fingerprint density at radius 3 is 2.61 bits per heavy atom. The van der Waals surface area contributed by atoms with Gasteiger partial charge in [0.1, 0.15) is 30.0 Å². The number of piperidine rings is 1. The SMILES string of the molecule is CC(=O)C(C)(C)N1C2CC(OC(=O)C(CO)c3ccccc3)CC1(C)C1OC21. The van der Waals surface area contributed by atoms with E-state index in [1.54, 1.807) is 6.92 Å². The van der Waals surface area contributed by atoms with Crippen LogP contribution in [0.3, 0.4) is 0 Å². The van der Waals surface area contributed by atoms with Crippen molar-refractivity contribution in [1.82, 2.24) is 4.90 Å². The first kappa shape index (κ1) is 19.6. The Bertz CT molecular complexity index is 778. The number of nitrogens with zero attached hydrogens (tertiary/aromatic N) is 1. The lowest BCUT2D eigenvalue weighted by molar-refractivity contribution is -0.168. The first-order chi connectivity index (χ1) is 13.2. The lowest BCUT2D eigenvalue weighted by Gasteiger charge is -2.53. The van der Waals surface area contributed by atoms with Gasteiger partial charge in [-0.3, -0.25) is 14.5 Å². The minimum absolute atomic E-state index is 0.0600. The quantitative estimate of drug-likeness (QED) is 0.594. The van der Waals surface area contributed by atoms with E-state index in [-0.39, 0.29) is 42.3 Å². The Morgan fingerprint density at radius 2 is 2.04 bits per heavy atom. The first-order valence-corrected chi connectivity index (χ1v) is 10.0. The summed E-state index contributed by atoms with van der Waals surface area (Å²) in [6.45, 7) is 7.40. The molecular formula is C22H29NO5. The second-order valence-corrected chi connectivity index (χ2v) is 9.08. The number of aliphatic hydroxyl groups is 1. The van der Waals surface area contributed by atoms with E-state index in [1.807, 2.05) is 44.2 Å². The number of ketones is 1. The van der Waals surface area contributed by atoms with E-state index >= 15 is 0 Å². The Kier molecular flexibility index (Phi) is 4.64. The van der Waals surface area contributed by atoms with Crippen LogP contribution in [0.5, 0.6) is 0 Å². The van der Waals surface area contributed by atoms with Crippen molar-refractivity contribution in [1.29, 1.82) is 0 Å². The molecule has 0 aromatic heterocycles. The second kappa shape index (κ2) is 6.65. The van der Waals surface area contributed by atoms with Gasteiger partial charge in [-0.2, -0.15) is 0 Å². The lowest BCUT2D eigenvalue weighted by atomic mass is 9.81. The molecule has 3 heterocycles. The molecule has 6 nitrogen and oxygen atoms in total. The molecule has 1 aromatic carbocycles. The minimum Gasteiger partial charge on any atom is -0.462 e. The summed E-state index contributed by atoms with van der Waals surface area (Å²) in [6, 6.07) is 9.28. The van der Waals surface area contributed by atoms with Crippen molar-refractivity contribution in [2.75, 3.05) is 6.61 Å². The van der Waals surface area contributed by atoms with Crippen LogP contribution in [0, 0.1) is 0 Å². The van der Waals surface area contributed by atoms with Crippen molar-refractivity contribution in [3.05, 3.63) is 35.9 Å². The Labute approximate surface area is 165 Å². The summed E-state index contributed by atoms with van der Waals surface area (Å²) in [7, 11) is 0. The van der Waals surface area contributed by atoms with Crippen LogP contribution in [0.2, 0.25) is 0 Å². The molecule has 1 N–H and O–H groups in total. The maximum atomic E-state index is 12.8. The van der Waals surface area contributed by atoms with Gasteiger partial charge in [-0.25, -0.2) is 0 Å². The van der Waals surface area contributed by atoms with Gasteiger partial charge in [0, 0.05) is 18.9 Å². The van der Waals surface area contributed by atoms with Gasteiger partial charge < -0.3 is 14.6 Å². The Balaban J connectivity index is 1.51. The van der Waals surface area contributed by atoms with Gasteiger partial charge in [-0.15, -0.1) is 0 Å². The summed E-state index contributed by atoms with van der Waals surface area (Å²) in [6.07, 6.45) is 1.22. The first-order valence-electron chi connectivity index (χ1n) is 10.0. The molecule has 152 valence electrons. The standard InChI is InChI=1S/C22H29NO5/c1-13(25)21(2,3)23-17-10-15(11-22(23,4)19-18(17)28-19)27-20(26)16(12-24)14-8-6-5-7-9-14/h5-9,15-19,24H,10-12H2,1-4H3. The van der Waals surface area contributed by atoms with Crippen molar-refractivity contribution in [3.63, 3.8) is 0 Å². The highest BCUT2D eigenvalue weighted by atomic mass is 16.6. The van der Waals surface area contributed by atoms with Gasteiger partial charge in [-0.1, -0.05) is 30.3 Å². The number of morpholine rings is 1. The van der Waals surface area contributed by atoms with Gasteiger partial charge in [0.05, 0.1) is 17.7 Å². The molecule has 0 saturated carbocycles. The highest BCUT2D eigenvalue weighted by Gasteiger charge is 2.72. The zero-order valence-corrected chi connectivity index (χ0v) is 16.9. The molecule has 0 spiro atoms. The maximum absolute atomic E-state index is 12.8. The molecule has 6 atom stereocenters. The molecule has 1 aromatic rings. The summed E-state index contributed by atoms with van der Waals surface area (Å²) in [5.74, 6) is -0.940. The number of rotatable bonds is 6. The molecule has 28 heavy (non-hydrogen) atoms. The van der Waals surface area contributed by atoms with E-state index in [2.05, 4.69) is 11.8 Å². The number of fused-ring (bicyclic) bond motifs is 5. The predicted molar refractivity (Wildman–Crippen MR) is 103 cm³/mol. The highest BCUT2D eigenvalue weighted by Crippen LogP contribution is 2.57. The molecule has 3 saturated heterocycles. The van der Waals surface area contributed by atoms with Crippen LogP contribution < -0.4 is 0 Å². The molecule has 6 heteroatoms. The van der Waals surface area contributed by atoms with Crippen molar-refractivity contribution in [2.24, 2.45) is 0 Å². The zero-order valence-electron chi connectivity index (χ0n) is 16.9. The third-order valence-corrected chi connectivity index (χ3v) is 6.96. The molecule has 4 rings (SSSR count). The van der Waals surface area contributed by atoms with Gasteiger partial charge in [0.2, 0.25) is 0 Å². The summed E-state index contributed by atoms with van der Waals surface area (Å²) in [5, 5.41) is 9.74. The number of epoxide rings is 1. The smallest absolute Gasteiger partial charge is 0.316 e. The Hall–Kier alpha value is -1.76. The van der Waals surface area contributed by atoms with E-state index in [9.17, 15) is 14.7 Å². The molecule has 3 aliphatic rings. The van der Waals surface area contributed by atoms with Gasteiger partial charge in [0.25, 0.3) is 0 Å². The monoisotopic (exact) mass is 387 g/mol. The van der Waals surface area contributed by atoms with Crippen molar-refractivity contribution in [3.8, 4) is 0 Å². The largest absolute Gasteiger partial charge is 0.462 e. The Morgan fingerprint density at radius 1 is 1.36 bits per heavy atom. The number of ether oxygens (including phenoxy) is 2. The number of hydrogen-bond donors (Lipinski definition) is 1. The molecule has 2 bridgehead atoms. The number of hydrogen-bond acceptors (Lipinski definition) is 6. The normalized spacial score (nSPS) is 35.2. The number of esters is 1. The average Bonchev–Trinajstić information content (AvgIpc) is 3.41. The maximum Gasteiger partial charge on any atom is 0.316 e. The van der Waals surface area contributed by atoms with E-state index in [4.69, 9.17) is 9.47 Å². The molecular weight excluding hydrogens is 358 g/mol. The number of carbonyl (C=O) groups is 2. The van der Waals surface area contributed by atoms with Crippen molar-refractivity contribution in [2.45, 2.75) is 81.9 Å². The van der Waals surface area contributed by atoms with Crippen LogP contribution in [-0.4, -0.2) is 63.8 Å². The van der Waals surface area contributed by atoms with Crippen molar-refractivity contribution < 1.29 is 24.2 Å². The fraction of sp³-hybridized carbons (Fsp3) is 0.636. The second-order valence-electron chi connectivity index (χ2n) is 9.08. The fourth-order valence-corrected chi connectivity index (χ4v) is 5.41. The molecule has 0 amide bonds. The molecule has 0 radical (unpaired) electrons. The summed E-state index contributed by atoms with van der Waals surface area (Å²) in [4.78, 5) is 27.4. The summed E-state index contributed by atoms with van der Waals surface area (Å²) >= 11 is 0. The van der Waals surface area contributed by atoms with Crippen molar-refractivity contribution >= 4 is 11.8 Å². The zero-order chi connectivity index (χ0) is 20.3. The number of carbonyl (C=O) groups excluding carboxylic acids is 2. The minimum atomic E-state index is -0.677. The number of aliphatic hydroxyl groups excluding tert-OH is 1. The third kappa shape index (κ3) is 2.90. The number of Topliss-reactive ketones (excluding diaryl/α,β-unsaturated/α-hetero) is 1. The molecule has 6 unspecified atom stereocenters. The van der Waals surface area contributed by atoms with Crippen LogP contribution in [0.4, 0.5) is 0 Å². The summed E-state index contributed by atoms with van der Waals surface area (Å²) in [5.41, 5.74) is -0.164. The van der Waals surface area contributed by atoms with Crippen LogP contribution >= 0.6 is 0 Å². The molecule has 0 aliphatic carbocycles. The van der Waals surface area contributed by atoms with E-state index in [0.717, 1.165) is 5.56 Å². The van der Waals surface area contributed by atoms with E-state index in [0.29, 0.717) is 12.8 Å². The van der Waals surface area contributed by atoms with Crippen LogP contribution in [0.15, 0.2) is 30.3 Å². The van der Waals surface area contributed by atoms with Gasteiger partial charge in [-0.05, 0) is 33.3 Å². The van der Waals surface area contributed by atoms with Crippen LogP contribution in [0.1, 0.15) is 52.0 Å². The van der Waals surface area contributed by atoms with Gasteiger partial charge >= 0.3 is 5.97 Å². The fourth-order valence-electron chi connectivity index (χ4n) is 5.41. The van der Waals surface area contributed by atoms with Crippen LogP contribution in [-0.2, 0) is 19.1 Å². The summed E-state index contributed by atoms with van der Waals surface area (Å²) < 4.78 is 11.8. The number of benzene rings is 1. The van der Waals surface area contributed by atoms with Gasteiger partial charge in [0.15, 0.2) is 0 Å². The van der Waals surface area contributed by atoms with Crippen LogP contribution in [0.25, 0.3) is 0 Å². The van der Waals surface area contributed by atoms with E-state index < -0.39 is 17.4 Å². The predicted octanol–water partition coefficient (Wildman–Crippen LogP) is 2.05.